The number of nitrogens with zero attached hydrogens (tertiary/aromatic N) is 1. The maximum atomic E-state index is 13.5. The summed E-state index contributed by atoms with van der Waals surface area (Å²) < 4.78 is 18.8. The highest BCUT2D eigenvalue weighted by Crippen LogP contribution is 2.17. The molecule has 5 nitrogen and oxygen atoms in total. The Morgan fingerprint density at radius 2 is 2.40 bits per heavy atom. The van der Waals surface area contributed by atoms with E-state index >= 15 is 0 Å². The Morgan fingerprint density at radius 3 is 3.10 bits per heavy atom. The molecule has 0 saturated carbocycles. The van der Waals surface area contributed by atoms with Crippen molar-refractivity contribution in [3.63, 3.8) is 0 Å². The van der Waals surface area contributed by atoms with E-state index < -0.39 is 5.82 Å². The Balaban J connectivity index is 1.81. The van der Waals surface area contributed by atoms with Gasteiger partial charge in [0.2, 0.25) is 5.91 Å². The molecule has 0 aliphatic carbocycles. The molecule has 0 spiro atoms. The zero-order chi connectivity index (χ0) is 14.5. The average molecular weight is 281 g/mol. The molecule has 1 heterocycles. The predicted octanol–water partition coefficient (Wildman–Crippen LogP) is 1.46. The largest absolute Gasteiger partial charge is 0.399 e. The van der Waals surface area contributed by atoms with Crippen LogP contribution in [0.1, 0.15) is 12.8 Å². The highest BCUT2D eigenvalue weighted by Gasteiger charge is 2.20. The number of benzene rings is 1. The van der Waals surface area contributed by atoms with Gasteiger partial charge in [0.1, 0.15) is 5.82 Å². The van der Waals surface area contributed by atoms with Gasteiger partial charge in [0.15, 0.2) is 0 Å². The van der Waals surface area contributed by atoms with Gasteiger partial charge in [0.25, 0.3) is 0 Å². The van der Waals surface area contributed by atoms with Gasteiger partial charge in [-0.15, -0.1) is 0 Å². The van der Waals surface area contributed by atoms with Crippen molar-refractivity contribution in [1.82, 2.24) is 4.90 Å². The Labute approximate surface area is 117 Å². The summed E-state index contributed by atoms with van der Waals surface area (Å²) in [7, 11) is 1.97. The number of nitrogens with two attached hydrogens (primary N) is 1. The number of nitrogens with one attached hydrogen (secondary N) is 1. The van der Waals surface area contributed by atoms with Crippen LogP contribution in [0.25, 0.3) is 0 Å². The van der Waals surface area contributed by atoms with E-state index in [1.54, 1.807) is 0 Å². The lowest BCUT2D eigenvalue weighted by Gasteiger charge is -2.22. The van der Waals surface area contributed by atoms with Crippen LogP contribution in [0, 0.1) is 5.82 Å². The Bertz CT molecular complexity index is 475. The first-order chi connectivity index (χ1) is 9.56. The maximum Gasteiger partial charge on any atom is 0.225 e. The number of amides is 1. The molecular formula is C14H20FN3O2. The van der Waals surface area contributed by atoms with Crippen molar-refractivity contribution in [3.8, 4) is 0 Å². The molecule has 1 saturated heterocycles. The van der Waals surface area contributed by atoms with Crippen LogP contribution in [0.3, 0.4) is 0 Å². The number of hydrogen-bond donors (Lipinski definition) is 2. The molecule has 1 aromatic carbocycles. The molecule has 1 fully saturated rings. The average Bonchev–Trinajstić information content (AvgIpc) is 2.94. The summed E-state index contributed by atoms with van der Waals surface area (Å²) in [6.45, 7) is 2.10. The quantitative estimate of drug-likeness (QED) is 0.802. The summed E-state index contributed by atoms with van der Waals surface area (Å²) in [6, 6.07) is 4.49. The smallest absolute Gasteiger partial charge is 0.225 e. The molecule has 0 bridgehead atoms. The first-order valence-electron chi connectivity index (χ1n) is 6.69. The summed E-state index contributed by atoms with van der Waals surface area (Å²) in [5.74, 6) is -0.703. The monoisotopic (exact) mass is 281 g/mol. The van der Waals surface area contributed by atoms with Gasteiger partial charge in [-0.1, -0.05) is 0 Å². The van der Waals surface area contributed by atoms with Crippen molar-refractivity contribution in [1.29, 1.82) is 0 Å². The molecule has 6 heteroatoms. The number of rotatable bonds is 5. The summed E-state index contributed by atoms with van der Waals surface area (Å²) in [6.07, 6.45) is 1.29. The van der Waals surface area contributed by atoms with Crippen molar-refractivity contribution in [3.05, 3.63) is 24.0 Å². The minimum absolute atomic E-state index is 0.127. The molecule has 1 amide bonds. The maximum absolute atomic E-state index is 13.5. The highest BCUT2D eigenvalue weighted by molar-refractivity contribution is 5.91. The van der Waals surface area contributed by atoms with E-state index in [-0.39, 0.29) is 11.6 Å². The first kappa shape index (κ1) is 14.7. The third kappa shape index (κ3) is 3.91. The van der Waals surface area contributed by atoms with Crippen LogP contribution in [-0.2, 0) is 9.53 Å². The van der Waals surface area contributed by atoms with E-state index in [2.05, 4.69) is 10.2 Å². The highest BCUT2D eigenvalue weighted by atomic mass is 19.1. The standard InChI is InChI=1S/C14H20FN3O2/c1-18(11-5-7-20-9-11)6-4-14(19)17-13-8-10(16)2-3-12(13)15/h2-3,8,11H,4-7,9,16H2,1H3,(H,17,19). The molecule has 20 heavy (non-hydrogen) atoms. The Hall–Kier alpha value is -1.66. The van der Waals surface area contributed by atoms with Crippen molar-refractivity contribution in [2.24, 2.45) is 0 Å². The van der Waals surface area contributed by atoms with Gasteiger partial charge < -0.3 is 20.7 Å². The van der Waals surface area contributed by atoms with Crippen LogP contribution < -0.4 is 11.1 Å². The fourth-order valence-corrected chi connectivity index (χ4v) is 2.18. The van der Waals surface area contributed by atoms with Crippen LogP contribution >= 0.6 is 0 Å². The van der Waals surface area contributed by atoms with Gasteiger partial charge in [0, 0.05) is 31.3 Å². The van der Waals surface area contributed by atoms with Crippen LogP contribution in [-0.4, -0.2) is 43.7 Å². The molecular weight excluding hydrogens is 261 g/mol. The second-order valence-electron chi connectivity index (χ2n) is 5.04. The molecule has 3 N–H and O–H groups in total. The molecule has 0 aromatic heterocycles. The number of carbonyl (C=O) groups is 1. The van der Waals surface area contributed by atoms with Gasteiger partial charge in [-0.05, 0) is 31.7 Å². The third-order valence-corrected chi connectivity index (χ3v) is 3.49. The van der Waals surface area contributed by atoms with Crippen molar-refractivity contribution < 1.29 is 13.9 Å². The first-order valence-corrected chi connectivity index (χ1v) is 6.69. The van der Waals surface area contributed by atoms with Crippen LogP contribution in [0.2, 0.25) is 0 Å². The minimum Gasteiger partial charge on any atom is -0.399 e. The summed E-state index contributed by atoms with van der Waals surface area (Å²) in [4.78, 5) is 13.9. The van der Waals surface area contributed by atoms with E-state index in [1.807, 2.05) is 7.05 Å². The lowest BCUT2D eigenvalue weighted by molar-refractivity contribution is -0.116. The van der Waals surface area contributed by atoms with Crippen molar-refractivity contribution >= 4 is 17.3 Å². The van der Waals surface area contributed by atoms with Gasteiger partial charge >= 0.3 is 0 Å². The lowest BCUT2D eigenvalue weighted by atomic mass is 10.2. The number of nitrogen functional groups attached to an aromatic ring is 1. The Morgan fingerprint density at radius 1 is 1.60 bits per heavy atom. The summed E-state index contributed by atoms with van der Waals surface area (Å²) in [5.41, 5.74) is 6.11. The molecule has 1 aliphatic rings. The van der Waals surface area contributed by atoms with E-state index in [1.165, 1.54) is 18.2 Å². The van der Waals surface area contributed by atoms with Gasteiger partial charge in [-0.25, -0.2) is 4.39 Å². The van der Waals surface area contributed by atoms with Gasteiger partial charge in [0.05, 0.1) is 12.3 Å². The molecule has 2 rings (SSSR count). The topological polar surface area (TPSA) is 67.6 Å². The fraction of sp³-hybridized carbons (Fsp3) is 0.500. The summed E-state index contributed by atoms with van der Waals surface area (Å²) in [5, 5.41) is 2.55. The van der Waals surface area contributed by atoms with Crippen LogP contribution in [0.5, 0.6) is 0 Å². The van der Waals surface area contributed by atoms with Crippen molar-refractivity contribution in [2.75, 3.05) is 37.9 Å². The fourth-order valence-electron chi connectivity index (χ4n) is 2.18. The van der Waals surface area contributed by atoms with E-state index in [9.17, 15) is 9.18 Å². The molecule has 1 aliphatic heterocycles. The molecule has 1 aromatic rings. The molecule has 110 valence electrons. The second kappa shape index (κ2) is 6.67. The zero-order valence-electron chi connectivity index (χ0n) is 11.6. The van der Waals surface area contributed by atoms with E-state index in [0.29, 0.717) is 31.3 Å². The lowest BCUT2D eigenvalue weighted by Crippen LogP contribution is -2.34. The zero-order valence-corrected chi connectivity index (χ0v) is 11.6. The van der Waals surface area contributed by atoms with Gasteiger partial charge in [-0.2, -0.15) is 0 Å². The van der Waals surface area contributed by atoms with Gasteiger partial charge in [-0.3, -0.25) is 4.79 Å². The van der Waals surface area contributed by atoms with Crippen molar-refractivity contribution in [2.45, 2.75) is 18.9 Å². The molecule has 0 radical (unpaired) electrons. The molecule has 1 atom stereocenters. The number of hydrogen-bond acceptors (Lipinski definition) is 4. The van der Waals surface area contributed by atoms with Crippen LogP contribution in [0.15, 0.2) is 18.2 Å². The van der Waals surface area contributed by atoms with E-state index in [0.717, 1.165) is 13.0 Å². The number of carbonyl (C=O) groups excluding carboxylic acids is 1. The number of halogens is 1. The van der Waals surface area contributed by atoms with E-state index in [4.69, 9.17) is 10.5 Å². The second-order valence-corrected chi connectivity index (χ2v) is 5.04. The number of likely N-dealkylation sites (N-methyl/N-ethyl adjacent to an activating group) is 1. The normalized spacial score (nSPS) is 18.4. The SMILES string of the molecule is CN(CCC(=O)Nc1cc(N)ccc1F)C1CCOC1. The molecule has 1 unspecified atom stereocenters. The summed E-state index contributed by atoms with van der Waals surface area (Å²) >= 11 is 0. The van der Waals surface area contributed by atoms with Crippen LogP contribution in [0.4, 0.5) is 15.8 Å². The number of anilines is 2. The number of ether oxygens (including phenoxy) is 1. The third-order valence-electron chi connectivity index (χ3n) is 3.49. The predicted molar refractivity (Wildman–Crippen MR) is 75.9 cm³/mol. The minimum atomic E-state index is -0.481. The Kier molecular flexibility index (Phi) is 4.92.